The van der Waals surface area contributed by atoms with Crippen molar-refractivity contribution in [2.24, 2.45) is 0 Å². The fourth-order valence-corrected chi connectivity index (χ4v) is 9.94. The largest absolute Gasteiger partial charge is 0.309 e. The smallest absolute Gasteiger partial charge is 0.160 e. The van der Waals surface area contributed by atoms with Crippen molar-refractivity contribution in [3.63, 3.8) is 0 Å². The monoisotopic (exact) mass is 695 g/mol. The number of hydrogen-bond acceptors (Lipinski definition) is 3. The highest BCUT2D eigenvalue weighted by atomic mass is 32.1. The second-order valence-corrected chi connectivity index (χ2v) is 15.6. The van der Waals surface area contributed by atoms with Gasteiger partial charge in [0.25, 0.3) is 0 Å². The fraction of sp³-hybridized carbons (Fsp3) is 0.0612. The molecular formula is C49H33N3S. The predicted octanol–water partition coefficient (Wildman–Crippen LogP) is 13.2. The molecule has 1 aliphatic rings. The lowest BCUT2D eigenvalue weighted by Gasteiger charge is -2.24. The molecule has 7 aromatic carbocycles. The van der Waals surface area contributed by atoms with Crippen LogP contribution in [0.1, 0.15) is 25.0 Å². The molecule has 0 bridgehead atoms. The van der Waals surface area contributed by atoms with Gasteiger partial charge in [0.15, 0.2) is 5.82 Å². The first kappa shape index (κ1) is 30.3. The van der Waals surface area contributed by atoms with Crippen molar-refractivity contribution in [2.45, 2.75) is 19.3 Å². The highest BCUT2D eigenvalue weighted by Gasteiger charge is 2.40. The van der Waals surface area contributed by atoms with E-state index in [-0.39, 0.29) is 5.41 Å². The van der Waals surface area contributed by atoms with E-state index >= 15 is 0 Å². The molecule has 3 aromatic heterocycles. The van der Waals surface area contributed by atoms with Crippen LogP contribution in [0.2, 0.25) is 0 Å². The molecule has 0 amide bonds. The van der Waals surface area contributed by atoms with E-state index in [2.05, 4.69) is 182 Å². The van der Waals surface area contributed by atoms with E-state index in [1.807, 2.05) is 11.3 Å². The highest BCUT2D eigenvalue weighted by molar-refractivity contribution is 7.26. The standard InChI is InChI=1S/C49H33N3S/c1-49(2)40-20-9-6-17-38(40)46-44(49)45(32-27-28-42-39(29-32)35-15-7-10-21-41(35)52(42)33-13-4-3-5-14-33)50-48(51-46)31-25-23-30(24-26-31)34-18-12-19-37-36-16-8-11-22-43(36)53-47(34)37/h3-29H,1-2H3. The number of rotatable bonds is 4. The Hall–Kier alpha value is -6.36. The maximum Gasteiger partial charge on any atom is 0.160 e. The maximum absolute atomic E-state index is 5.48. The van der Waals surface area contributed by atoms with Crippen molar-refractivity contribution in [3.05, 3.63) is 175 Å². The van der Waals surface area contributed by atoms with Gasteiger partial charge in [-0.3, -0.25) is 0 Å². The van der Waals surface area contributed by atoms with Crippen LogP contribution in [0.4, 0.5) is 0 Å². The van der Waals surface area contributed by atoms with E-state index in [1.54, 1.807) is 0 Å². The Labute approximate surface area is 311 Å². The molecule has 250 valence electrons. The van der Waals surface area contributed by atoms with Crippen LogP contribution >= 0.6 is 11.3 Å². The van der Waals surface area contributed by atoms with Crippen molar-refractivity contribution < 1.29 is 0 Å². The van der Waals surface area contributed by atoms with Gasteiger partial charge in [0.2, 0.25) is 0 Å². The number of para-hydroxylation sites is 2. The first-order chi connectivity index (χ1) is 26.0. The molecule has 0 aliphatic heterocycles. The first-order valence-electron chi connectivity index (χ1n) is 18.2. The quantitative estimate of drug-likeness (QED) is 0.183. The molecule has 0 radical (unpaired) electrons. The summed E-state index contributed by atoms with van der Waals surface area (Å²) in [7, 11) is 0. The minimum atomic E-state index is -0.264. The van der Waals surface area contributed by atoms with Crippen LogP contribution in [0.5, 0.6) is 0 Å². The van der Waals surface area contributed by atoms with Crippen LogP contribution in [0.3, 0.4) is 0 Å². The SMILES string of the molecule is CC1(C)c2ccccc2-c2nc(-c3ccc(-c4cccc5c4sc4ccccc45)cc3)nc(-c3ccc4c(c3)c3ccccc3n4-c3ccccc3)c21. The Morgan fingerprint density at radius 2 is 1.13 bits per heavy atom. The van der Waals surface area contributed by atoms with Crippen LogP contribution in [0.15, 0.2) is 164 Å². The van der Waals surface area contributed by atoms with Crippen LogP contribution in [0, 0.1) is 0 Å². The van der Waals surface area contributed by atoms with Gasteiger partial charge >= 0.3 is 0 Å². The van der Waals surface area contributed by atoms with Gasteiger partial charge in [0, 0.05) is 64.3 Å². The molecule has 0 spiro atoms. The van der Waals surface area contributed by atoms with E-state index in [1.165, 1.54) is 69.8 Å². The van der Waals surface area contributed by atoms with E-state index in [4.69, 9.17) is 9.97 Å². The van der Waals surface area contributed by atoms with E-state index in [9.17, 15) is 0 Å². The summed E-state index contributed by atoms with van der Waals surface area (Å²) in [5, 5.41) is 5.06. The van der Waals surface area contributed by atoms with Crippen molar-refractivity contribution >= 4 is 53.3 Å². The Morgan fingerprint density at radius 3 is 2.00 bits per heavy atom. The lowest BCUT2D eigenvalue weighted by molar-refractivity contribution is 0.658. The summed E-state index contributed by atoms with van der Waals surface area (Å²) in [5.41, 5.74) is 13.5. The topological polar surface area (TPSA) is 30.7 Å². The van der Waals surface area contributed by atoms with E-state index in [0.717, 1.165) is 34.0 Å². The summed E-state index contributed by atoms with van der Waals surface area (Å²) < 4.78 is 5.00. The van der Waals surface area contributed by atoms with E-state index in [0.29, 0.717) is 0 Å². The Morgan fingerprint density at radius 1 is 0.491 bits per heavy atom. The van der Waals surface area contributed by atoms with Gasteiger partial charge in [-0.1, -0.05) is 141 Å². The van der Waals surface area contributed by atoms with Crippen molar-refractivity contribution in [1.29, 1.82) is 0 Å². The second-order valence-electron chi connectivity index (χ2n) is 14.6. The number of thiophene rings is 1. The maximum atomic E-state index is 5.48. The molecule has 10 aromatic rings. The Bertz CT molecular complexity index is 3080. The van der Waals surface area contributed by atoms with Gasteiger partial charge in [-0.05, 0) is 53.1 Å². The minimum Gasteiger partial charge on any atom is -0.309 e. The van der Waals surface area contributed by atoms with Gasteiger partial charge in [-0.2, -0.15) is 0 Å². The normalized spacial score (nSPS) is 13.2. The minimum absolute atomic E-state index is 0.264. The Kier molecular flexibility index (Phi) is 6.47. The van der Waals surface area contributed by atoms with Gasteiger partial charge < -0.3 is 4.57 Å². The van der Waals surface area contributed by atoms with Gasteiger partial charge in [0.05, 0.1) is 22.4 Å². The van der Waals surface area contributed by atoms with Crippen LogP contribution in [-0.4, -0.2) is 14.5 Å². The lowest BCUT2D eigenvalue weighted by atomic mass is 9.80. The molecule has 0 saturated heterocycles. The molecule has 0 saturated carbocycles. The predicted molar refractivity (Wildman–Crippen MR) is 223 cm³/mol. The molecule has 0 atom stereocenters. The molecule has 0 fully saturated rings. The average molecular weight is 696 g/mol. The van der Waals surface area contributed by atoms with E-state index < -0.39 is 0 Å². The number of nitrogens with zero attached hydrogens (tertiary/aromatic N) is 3. The van der Waals surface area contributed by atoms with Crippen LogP contribution < -0.4 is 0 Å². The number of fused-ring (bicyclic) bond motifs is 9. The van der Waals surface area contributed by atoms with Crippen molar-refractivity contribution in [2.75, 3.05) is 0 Å². The van der Waals surface area contributed by atoms with Gasteiger partial charge in [0.1, 0.15) is 0 Å². The zero-order chi connectivity index (χ0) is 35.3. The Balaban J connectivity index is 1.10. The van der Waals surface area contributed by atoms with Crippen LogP contribution in [0.25, 0.3) is 92.7 Å². The summed E-state index contributed by atoms with van der Waals surface area (Å²) in [6.45, 7) is 4.63. The molecule has 3 heterocycles. The summed E-state index contributed by atoms with van der Waals surface area (Å²) >= 11 is 1.87. The van der Waals surface area contributed by atoms with Gasteiger partial charge in [-0.15, -0.1) is 11.3 Å². The van der Waals surface area contributed by atoms with Crippen molar-refractivity contribution in [1.82, 2.24) is 14.5 Å². The highest BCUT2D eigenvalue weighted by Crippen LogP contribution is 2.52. The summed E-state index contributed by atoms with van der Waals surface area (Å²) in [4.78, 5) is 10.9. The third kappa shape index (κ3) is 4.46. The molecule has 53 heavy (non-hydrogen) atoms. The number of benzene rings is 7. The summed E-state index contributed by atoms with van der Waals surface area (Å²) in [6.07, 6.45) is 0. The zero-order valence-corrected chi connectivity index (χ0v) is 30.2. The zero-order valence-electron chi connectivity index (χ0n) is 29.3. The lowest BCUT2D eigenvalue weighted by Crippen LogP contribution is -2.17. The molecular weight excluding hydrogens is 663 g/mol. The molecule has 0 unspecified atom stereocenters. The van der Waals surface area contributed by atoms with Crippen molar-refractivity contribution in [3.8, 4) is 50.7 Å². The number of hydrogen-bond donors (Lipinski definition) is 0. The molecule has 1 aliphatic carbocycles. The molecule has 3 nitrogen and oxygen atoms in total. The summed E-state index contributed by atoms with van der Waals surface area (Å²) in [6, 6.07) is 59.1. The third-order valence-corrected chi connectivity index (χ3v) is 12.4. The first-order valence-corrected chi connectivity index (χ1v) is 19.0. The van der Waals surface area contributed by atoms with Gasteiger partial charge in [-0.25, -0.2) is 9.97 Å². The average Bonchev–Trinajstić information content (AvgIpc) is 3.83. The number of aromatic nitrogens is 3. The van der Waals surface area contributed by atoms with Crippen LogP contribution in [-0.2, 0) is 5.41 Å². The molecule has 11 rings (SSSR count). The fourth-order valence-electron chi connectivity index (χ4n) is 8.70. The third-order valence-electron chi connectivity index (χ3n) is 11.2. The summed E-state index contributed by atoms with van der Waals surface area (Å²) in [5.74, 6) is 0.740. The molecule has 0 N–H and O–H groups in total. The molecule has 4 heteroatoms. The second kappa shape index (κ2) is 11.3.